The summed E-state index contributed by atoms with van der Waals surface area (Å²) >= 11 is 1.52. The average molecular weight is 425 g/mol. The predicted octanol–water partition coefficient (Wildman–Crippen LogP) is 3.12. The zero-order valence-corrected chi connectivity index (χ0v) is 17.3. The smallest absolute Gasteiger partial charge is 0.254 e. The number of aromatic nitrogens is 3. The topological polar surface area (TPSA) is 66.3 Å². The molecule has 9 heteroatoms. The van der Waals surface area contributed by atoms with Crippen LogP contribution in [0.15, 0.2) is 59.4 Å². The Hall–Kier alpha value is -3.20. The maximum absolute atomic E-state index is 13.6. The quantitative estimate of drug-likeness (QED) is 0.700. The molecule has 0 bridgehead atoms. The van der Waals surface area contributed by atoms with E-state index in [0.29, 0.717) is 31.8 Å². The van der Waals surface area contributed by atoms with E-state index in [1.165, 1.54) is 23.5 Å². The second-order valence-electron chi connectivity index (χ2n) is 7.35. The molecule has 7 nitrogen and oxygen atoms in total. The molecule has 0 saturated carbocycles. The number of nitrogens with zero attached hydrogens (tertiary/aromatic N) is 5. The normalized spacial score (nSPS) is 18.9. The second kappa shape index (κ2) is 7.56. The first-order chi connectivity index (χ1) is 14.6. The van der Waals surface area contributed by atoms with Crippen molar-refractivity contribution in [1.82, 2.24) is 19.7 Å². The van der Waals surface area contributed by atoms with Crippen LogP contribution in [0.2, 0.25) is 0 Å². The minimum atomic E-state index is -0.334. The Morgan fingerprint density at radius 1 is 1.13 bits per heavy atom. The van der Waals surface area contributed by atoms with Crippen molar-refractivity contribution in [2.75, 3.05) is 36.4 Å². The number of hydrogen-bond acceptors (Lipinski definition) is 6. The summed E-state index contributed by atoms with van der Waals surface area (Å²) in [6.45, 7) is 4.53. The first-order valence-corrected chi connectivity index (χ1v) is 10.7. The fraction of sp³-hybridized carbons (Fsp3) is 0.286. The van der Waals surface area contributed by atoms with Crippen LogP contribution in [0.5, 0.6) is 0 Å². The lowest BCUT2D eigenvalue weighted by Crippen LogP contribution is -2.50. The number of benzene rings is 1. The highest BCUT2D eigenvalue weighted by atomic mass is 32.1. The van der Waals surface area contributed by atoms with E-state index in [1.807, 2.05) is 28.0 Å². The van der Waals surface area contributed by atoms with Gasteiger partial charge in [-0.25, -0.2) is 14.1 Å². The van der Waals surface area contributed by atoms with Gasteiger partial charge in [-0.2, -0.15) is 5.10 Å². The number of allylic oxidation sites excluding steroid dienone is 1. The molecular weight excluding hydrogens is 403 g/mol. The van der Waals surface area contributed by atoms with Gasteiger partial charge in [-0.05, 0) is 31.2 Å². The minimum Gasteiger partial charge on any atom is -0.368 e. The van der Waals surface area contributed by atoms with Crippen LogP contribution in [0.3, 0.4) is 0 Å². The van der Waals surface area contributed by atoms with Crippen molar-refractivity contribution in [2.24, 2.45) is 0 Å². The van der Waals surface area contributed by atoms with E-state index >= 15 is 0 Å². The van der Waals surface area contributed by atoms with E-state index in [2.05, 4.69) is 20.3 Å². The number of thiazole rings is 1. The lowest BCUT2D eigenvalue weighted by atomic mass is 10.0. The van der Waals surface area contributed by atoms with Gasteiger partial charge in [0, 0.05) is 55.2 Å². The highest BCUT2D eigenvalue weighted by Crippen LogP contribution is 2.37. The number of piperazine rings is 1. The Bertz CT molecular complexity index is 1080. The molecule has 1 N–H and O–H groups in total. The summed E-state index contributed by atoms with van der Waals surface area (Å²) in [7, 11) is 0. The largest absolute Gasteiger partial charge is 0.368 e. The molecule has 1 unspecified atom stereocenters. The van der Waals surface area contributed by atoms with Crippen molar-refractivity contribution in [3.05, 3.63) is 70.2 Å². The first-order valence-electron chi connectivity index (χ1n) is 9.82. The Morgan fingerprint density at radius 2 is 1.90 bits per heavy atom. The first kappa shape index (κ1) is 18.8. The van der Waals surface area contributed by atoms with Crippen molar-refractivity contribution in [3.8, 4) is 0 Å². The van der Waals surface area contributed by atoms with Gasteiger partial charge in [0.1, 0.15) is 22.7 Å². The molecule has 3 aromatic rings. The number of carbonyl (C=O) groups excluding carboxylic acids is 1. The average Bonchev–Trinajstić information content (AvgIpc) is 3.45. The van der Waals surface area contributed by atoms with E-state index in [9.17, 15) is 9.18 Å². The standard InChI is InChI=1S/C21H21FN6OS/c1-14-18(19(20-23-8-13-30-20)28-17(25-14)6-7-24-28)21(29)27-11-9-26(10-12-27)16-4-2-15(22)3-5-16/h2-8,13,19,25H,9-12H2,1H3. The number of carbonyl (C=O) groups is 1. The molecule has 1 atom stereocenters. The molecule has 4 heterocycles. The summed E-state index contributed by atoms with van der Waals surface area (Å²) in [5, 5.41) is 10.5. The maximum Gasteiger partial charge on any atom is 0.254 e. The maximum atomic E-state index is 13.6. The van der Waals surface area contributed by atoms with Gasteiger partial charge in [-0.15, -0.1) is 11.3 Å². The Labute approximate surface area is 177 Å². The highest BCUT2D eigenvalue weighted by Gasteiger charge is 2.37. The summed E-state index contributed by atoms with van der Waals surface area (Å²) in [4.78, 5) is 22.1. The fourth-order valence-electron chi connectivity index (χ4n) is 4.07. The zero-order chi connectivity index (χ0) is 20.7. The molecule has 1 fully saturated rings. The van der Waals surface area contributed by atoms with E-state index in [-0.39, 0.29) is 17.8 Å². The predicted molar refractivity (Wildman–Crippen MR) is 114 cm³/mol. The van der Waals surface area contributed by atoms with Crippen LogP contribution in [0, 0.1) is 5.82 Å². The van der Waals surface area contributed by atoms with Crippen LogP contribution >= 0.6 is 11.3 Å². The SMILES string of the molecule is CC1=C(C(=O)N2CCN(c3ccc(F)cc3)CC2)C(c2nccs2)n2nccc2N1. The third kappa shape index (κ3) is 3.24. The second-order valence-corrected chi connectivity index (χ2v) is 8.28. The van der Waals surface area contributed by atoms with E-state index in [4.69, 9.17) is 0 Å². The van der Waals surface area contributed by atoms with Gasteiger partial charge in [-0.1, -0.05) is 0 Å². The molecule has 154 valence electrons. The highest BCUT2D eigenvalue weighted by molar-refractivity contribution is 7.09. The van der Waals surface area contributed by atoms with Crippen LogP contribution in [-0.2, 0) is 4.79 Å². The Morgan fingerprint density at radius 3 is 2.60 bits per heavy atom. The number of amides is 1. The molecule has 5 rings (SSSR count). The van der Waals surface area contributed by atoms with Gasteiger partial charge >= 0.3 is 0 Å². The molecule has 0 aliphatic carbocycles. The number of anilines is 2. The van der Waals surface area contributed by atoms with Crippen molar-refractivity contribution in [3.63, 3.8) is 0 Å². The van der Waals surface area contributed by atoms with Gasteiger partial charge in [-0.3, -0.25) is 4.79 Å². The summed E-state index contributed by atoms with van der Waals surface area (Å²) in [5.41, 5.74) is 2.48. The van der Waals surface area contributed by atoms with E-state index in [1.54, 1.807) is 24.5 Å². The lowest BCUT2D eigenvalue weighted by Gasteiger charge is -2.38. The van der Waals surface area contributed by atoms with Gasteiger partial charge in [0.25, 0.3) is 5.91 Å². The monoisotopic (exact) mass is 424 g/mol. The Balaban J connectivity index is 1.38. The zero-order valence-electron chi connectivity index (χ0n) is 16.5. The molecule has 1 amide bonds. The number of rotatable bonds is 3. The molecule has 0 spiro atoms. The molecule has 2 aliphatic rings. The van der Waals surface area contributed by atoms with Crippen LogP contribution in [0.4, 0.5) is 15.9 Å². The summed E-state index contributed by atoms with van der Waals surface area (Å²) in [5.74, 6) is 0.608. The Kier molecular flexibility index (Phi) is 4.74. The minimum absolute atomic E-state index is 0.0000983. The lowest BCUT2D eigenvalue weighted by molar-refractivity contribution is -0.127. The van der Waals surface area contributed by atoms with E-state index in [0.717, 1.165) is 22.2 Å². The third-order valence-corrected chi connectivity index (χ3v) is 6.41. The van der Waals surface area contributed by atoms with Gasteiger partial charge in [0.2, 0.25) is 0 Å². The summed E-state index contributed by atoms with van der Waals surface area (Å²) < 4.78 is 15.0. The van der Waals surface area contributed by atoms with Crippen molar-refractivity contribution in [2.45, 2.75) is 13.0 Å². The number of fused-ring (bicyclic) bond motifs is 1. The molecule has 30 heavy (non-hydrogen) atoms. The molecule has 0 radical (unpaired) electrons. The van der Waals surface area contributed by atoms with Crippen molar-refractivity contribution in [1.29, 1.82) is 0 Å². The summed E-state index contributed by atoms with van der Waals surface area (Å²) in [6.07, 6.45) is 3.48. The number of halogens is 1. The van der Waals surface area contributed by atoms with Gasteiger partial charge in [0.15, 0.2) is 0 Å². The molecule has 2 aromatic heterocycles. The van der Waals surface area contributed by atoms with Crippen molar-refractivity contribution < 1.29 is 9.18 Å². The third-order valence-electron chi connectivity index (χ3n) is 5.58. The molecule has 1 saturated heterocycles. The van der Waals surface area contributed by atoms with E-state index < -0.39 is 0 Å². The number of nitrogens with one attached hydrogen (secondary N) is 1. The summed E-state index contributed by atoms with van der Waals surface area (Å²) in [6, 6.07) is 8.06. The molecular formula is C21H21FN6OS. The van der Waals surface area contributed by atoms with Crippen LogP contribution in [0.25, 0.3) is 0 Å². The van der Waals surface area contributed by atoms with Gasteiger partial charge in [0.05, 0.1) is 11.8 Å². The fourth-order valence-corrected chi connectivity index (χ4v) is 4.80. The van der Waals surface area contributed by atoms with Gasteiger partial charge < -0.3 is 15.1 Å². The molecule has 2 aliphatic heterocycles. The van der Waals surface area contributed by atoms with Crippen LogP contribution in [-0.4, -0.2) is 51.8 Å². The molecule has 1 aromatic carbocycles. The van der Waals surface area contributed by atoms with Crippen LogP contribution < -0.4 is 10.2 Å². The van der Waals surface area contributed by atoms with Crippen LogP contribution in [0.1, 0.15) is 18.0 Å². The number of hydrogen-bond donors (Lipinski definition) is 1. The van der Waals surface area contributed by atoms with Crippen molar-refractivity contribution >= 4 is 28.7 Å².